The fraction of sp³-hybridized carbons (Fsp3) is 0.333. The van der Waals surface area contributed by atoms with Gasteiger partial charge in [0.05, 0.1) is 4.88 Å². The minimum absolute atomic E-state index is 0. The predicted octanol–water partition coefficient (Wildman–Crippen LogP) is 2.66. The van der Waals surface area contributed by atoms with Crippen LogP contribution in [0.2, 0.25) is 0 Å². The van der Waals surface area contributed by atoms with E-state index in [1.165, 1.54) is 11.3 Å². The van der Waals surface area contributed by atoms with E-state index in [0.717, 1.165) is 31.5 Å². The number of rotatable bonds is 4. The maximum atomic E-state index is 12.5. The summed E-state index contributed by atoms with van der Waals surface area (Å²) in [5.74, 6) is -0.0223. The van der Waals surface area contributed by atoms with Crippen molar-refractivity contribution in [3.8, 4) is 0 Å². The number of benzene rings is 1. The lowest BCUT2D eigenvalue weighted by molar-refractivity contribution is 0.0714. The lowest BCUT2D eigenvalue weighted by atomic mass is 10.0. The first kappa shape index (κ1) is 19.4. The SMILES string of the molecule is Cl.NC1CCN(C(=O)c2ccc(CNC(=O)c3cccs3)cc2)CC1. The zero-order valence-electron chi connectivity index (χ0n) is 13.8. The van der Waals surface area contributed by atoms with Crippen molar-refractivity contribution in [2.24, 2.45) is 5.73 Å². The van der Waals surface area contributed by atoms with Crippen LogP contribution in [-0.2, 0) is 6.54 Å². The zero-order chi connectivity index (χ0) is 16.9. The average molecular weight is 380 g/mol. The van der Waals surface area contributed by atoms with Gasteiger partial charge in [-0.25, -0.2) is 0 Å². The maximum Gasteiger partial charge on any atom is 0.261 e. The second-order valence-electron chi connectivity index (χ2n) is 5.99. The number of carbonyl (C=O) groups is 2. The molecule has 3 rings (SSSR count). The Hall–Kier alpha value is -1.89. The van der Waals surface area contributed by atoms with Gasteiger partial charge in [-0.3, -0.25) is 9.59 Å². The van der Waals surface area contributed by atoms with Crippen molar-refractivity contribution >= 4 is 35.6 Å². The van der Waals surface area contributed by atoms with Gasteiger partial charge in [0, 0.05) is 31.2 Å². The Balaban J connectivity index is 0.00000225. The topological polar surface area (TPSA) is 75.4 Å². The number of carbonyl (C=O) groups excluding carboxylic acids is 2. The molecular weight excluding hydrogens is 358 g/mol. The minimum Gasteiger partial charge on any atom is -0.347 e. The first-order valence-corrected chi connectivity index (χ1v) is 8.97. The molecular formula is C18H22ClN3O2S. The van der Waals surface area contributed by atoms with Crippen LogP contribution < -0.4 is 11.1 Å². The van der Waals surface area contributed by atoms with Gasteiger partial charge in [-0.1, -0.05) is 18.2 Å². The third kappa shape index (κ3) is 5.04. The highest BCUT2D eigenvalue weighted by molar-refractivity contribution is 7.12. The summed E-state index contributed by atoms with van der Waals surface area (Å²) < 4.78 is 0. The van der Waals surface area contributed by atoms with Crippen LogP contribution in [0.5, 0.6) is 0 Å². The molecule has 0 radical (unpaired) electrons. The molecule has 0 atom stereocenters. The highest BCUT2D eigenvalue weighted by Gasteiger charge is 2.21. The molecule has 0 unspecified atom stereocenters. The van der Waals surface area contributed by atoms with Crippen molar-refractivity contribution in [1.29, 1.82) is 0 Å². The van der Waals surface area contributed by atoms with E-state index in [0.29, 0.717) is 17.0 Å². The highest BCUT2D eigenvalue weighted by atomic mass is 35.5. The molecule has 5 nitrogen and oxygen atoms in total. The van der Waals surface area contributed by atoms with Crippen LogP contribution in [-0.4, -0.2) is 35.8 Å². The first-order valence-electron chi connectivity index (χ1n) is 8.09. The lowest BCUT2D eigenvalue weighted by Gasteiger charge is -2.30. The number of nitrogens with one attached hydrogen (secondary N) is 1. The van der Waals surface area contributed by atoms with Crippen LogP contribution in [0, 0.1) is 0 Å². The van der Waals surface area contributed by atoms with Crippen molar-refractivity contribution in [1.82, 2.24) is 10.2 Å². The van der Waals surface area contributed by atoms with Crippen molar-refractivity contribution in [2.45, 2.75) is 25.4 Å². The highest BCUT2D eigenvalue weighted by Crippen LogP contribution is 2.14. The molecule has 1 aliphatic rings. The fourth-order valence-electron chi connectivity index (χ4n) is 2.73. The van der Waals surface area contributed by atoms with Crippen molar-refractivity contribution < 1.29 is 9.59 Å². The van der Waals surface area contributed by atoms with E-state index in [-0.39, 0.29) is 30.3 Å². The summed E-state index contributed by atoms with van der Waals surface area (Å²) in [4.78, 5) is 26.9. The molecule has 2 amide bonds. The molecule has 25 heavy (non-hydrogen) atoms. The summed E-state index contributed by atoms with van der Waals surface area (Å²) in [6, 6.07) is 11.3. The van der Waals surface area contributed by atoms with Gasteiger partial charge in [-0.05, 0) is 42.0 Å². The second kappa shape index (κ2) is 8.99. The van der Waals surface area contributed by atoms with Crippen molar-refractivity contribution in [3.05, 3.63) is 57.8 Å². The molecule has 134 valence electrons. The van der Waals surface area contributed by atoms with Crippen LogP contribution in [0.25, 0.3) is 0 Å². The van der Waals surface area contributed by atoms with Gasteiger partial charge >= 0.3 is 0 Å². The molecule has 1 fully saturated rings. The maximum absolute atomic E-state index is 12.5. The molecule has 1 aromatic heterocycles. The average Bonchev–Trinajstić information content (AvgIpc) is 3.15. The number of hydrogen-bond donors (Lipinski definition) is 2. The number of halogens is 1. The molecule has 2 heterocycles. The van der Waals surface area contributed by atoms with Gasteiger partial charge < -0.3 is 16.0 Å². The number of piperidine rings is 1. The number of thiophene rings is 1. The smallest absolute Gasteiger partial charge is 0.261 e. The summed E-state index contributed by atoms with van der Waals surface area (Å²) >= 11 is 1.42. The van der Waals surface area contributed by atoms with E-state index in [9.17, 15) is 9.59 Å². The van der Waals surface area contributed by atoms with E-state index in [4.69, 9.17) is 5.73 Å². The number of likely N-dealkylation sites (tertiary alicyclic amines) is 1. The van der Waals surface area contributed by atoms with Crippen molar-refractivity contribution in [3.63, 3.8) is 0 Å². The molecule has 0 bridgehead atoms. The molecule has 3 N–H and O–H groups in total. The number of nitrogens with two attached hydrogens (primary N) is 1. The monoisotopic (exact) mass is 379 g/mol. The first-order chi connectivity index (χ1) is 11.6. The Morgan fingerprint density at radius 2 is 1.84 bits per heavy atom. The summed E-state index contributed by atoms with van der Waals surface area (Å²) in [5, 5.41) is 4.76. The normalized spacial score (nSPS) is 14.7. The molecule has 0 saturated carbocycles. The number of nitrogens with zero attached hydrogens (tertiary/aromatic N) is 1. The Kier molecular flexibility index (Phi) is 6.99. The largest absolute Gasteiger partial charge is 0.347 e. The van der Waals surface area contributed by atoms with E-state index in [1.54, 1.807) is 6.07 Å². The predicted molar refractivity (Wildman–Crippen MR) is 102 cm³/mol. The van der Waals surface area contributed by atoms with Crippen LogP contribution >= 0.6 is 23.7 Å². The third-order valence-electron chi connectivity index (χ3n) is 4.23. The van der Waals surface area contributed by atoms with E-state index >= 15 is 0 Å². The zero-order valence-corrected chi connectivity index (χ0v) is 15.4. The Labute approximate surface area is 157 Å². The van der Waals surface area contributed by atoms with E-state index < -0.39 is 0 Å². The molecule has 0 spiro atoms. The van der Waals surface area contributed by atoms with Crippen LogP contribution in [0.1, 0.15) is 38.4 Å². The third-order valence-corrected chi connectivity index (χ3v) is 5.09. The Morgan fingerprint density at radius 3 is 2.44 bits per heavy atom. The van der Waals surface area contributed by atoms with Gasteiger partial charge in [-0.2, -0.15) is 0 Å². The van der Waals surface area contributed by atoms with E-state index in [2.05, 4.69) is 5.32 Å². The van der Waals surface area contributed by atoms with Crippen LogP contribution in [0.3, 0.4) is 0 Å². The van der Waals surface area contributed by atoms with Gasteiger partial charge in [0.15, 0.2) is 0 Å². The van der Waals surface area contributed by atoms with Gasteiger partial charge in [-0.15, -0.1) is 23.7 Å². The molecule has 7 heteroatoms. The second-order valence-corrected chi connectivity index (χ2v) is 6.93. The van der Waals surface area contributed by atoms with Gasteiger partial charge in [0.2, 0.25) is 0 Å². The number of amides is 2. The lowest BCUT2D eigenvalue weighted by Crippen LogP contribution is -2.42. The summed E-state index contributed by atoms with van der Waals surface area (Å²) in [6.45, 7) is 1.89. The minimum atomic E-state index is -0.0743. The fourth-order valence-corrected chi connectivity index (χ4v) is 3.37. The molecule has 1 aromatic carbocycles. The van der Waals surface area contributed by atoms with Gasteiger partial charge in [0.1, 0.15) is 0 Å². The van der Waals surface area contributed by atoms with Crippen LogP contribution in [0.4, 0.5) is 0 Å². The molecule has 1 aliphatic heterocycles. The molecule has 0 aliphatic carbocycles. The van der Waals surface area contributed by atoms with Gasteiger partial charge in [0.25, 0.3) is 11.8 Å². The van der Waals surface area contributed by atoms with E-state index in [1.807, 2.05) is 40.6 Å². The van der Waals surface area contributed by atoms with Crippen LogP contribution in [0.15, 0.2) is 41.8 Å². The standard InChI is InChI=1S/C18H21N3O2S.ClH/c19-15-7-9-21(10-8-15)18(23)14-5-3-13(4-6-14)12-20-17(22)16-2-1-11-24-16;/h1-6,11,15H,7-10,12,19H2,(H,20,22);1H. The summed E-state index contributed by atoms with van der Waals surface area (Å²) in [5.41, 5.74) is 7.53. The summed E-state index contributed by atoms with van der Waals surface area (Å²) in [6.07, 6.45) is 1.72. The molecule has 2 aromatic rings. The number of hydrogen-bond acceptors (Lipinski definition) is 4. The quantitative estimate of drug-likeness (QED) is 0.857. The van der Waals surface area contributed by atoms with Crippen molar-refractivity contribution in [2.75, 3.05) is 13.1 Å². The molecule has 1 saturated heterocycles. The Bertz CT molecular complexity index is 696. The Morgan fingerprint density at radius 1 is 1.16 bits per heavy atom. The summed E-state index contributed by atoms with van der Waals surface area (Å²) in [7, 11) is 0.